The summed E-state index contributed by atoms with van der Waals surface area (Å²) < 4.78 is 25.3. The van der Waals surface area contributed by atoms with E-state index >= 15 is 0 Å². The lowest BCUT2D eigenvalue weighted by Gasteiger charge is -2.25. The van der Waals surface area contributed by atoms with E-state index in [2.05, 4.69) is 15.9 Å². The number of nitrogens with two attached hydrogens (primary N) is 1. The van der Waals surface area contributed by atoms with E-state index in [0.717, 1.165) is 0 Å². The standard InChI is InChI=1S/C12H17BrFNOS/c1-8(7-12(2,3)17(15)16)10-5-4-9(13)6-11(10)14/h4-6,8H,7,15H2,1-3H3/t8-,17?/m1/s1. The molecule has 2 N–H and O–H groups in total. The lowest BCUT2D eigenvalue weighted by molar-refractivity contribution is 0.516. The summed E-state index contributed by atoms with van der Waals surface area (Å²) in [5.41, 5.74) is 0.631. The van der Waals surface area contributed by atoms with Gasteiger partial charge in [0.1, 0.15) is 5.82 Å². The Morgan fingerprint density at radius 1 is 1.53 bits per heavy atom. The van der Waals surface area contributed by atoms with Gasteiger partial charge in [-0.2, -0.15) is 0 Å². The molecule has 0 bridgehead atoms. The first-order valence-electron chi connectivity index (χ1n) is 5.35. The molecule has 1 aromatic carbocycles. The first-order valence-corrected chi connectivity index (χ1v) is 7.36. The van der Waals surface area contributed by atoms with E-state index < -0.39 is 15.7 Å². The molecule has 5 heteroatoms. The molecule has 17 heavy (non-hydrogen) atoms. The highest BCUT2D eigenvalue weighted by Gasteiger charge is 2.27. The van der Waals surface area contributed by atoms with Gasteiger partial charge in [0.15, 0.2) is 0 Å². The molecule has 0 aliphatic heterocycles. The van der Waals surface area contributed by atoms with Crippen LogP contribution in [0.1, 0.15) is 38.7 Å². The van der Waals surface area contributed by atoms with E-state index in [-0.39, 0.29) is 11.7 Å². The number of hydrogen-bond donors (Lipinski definition) is 1. The summed E-state index contributed by atoms with van der Waals surface area (Å²) in [6, 6.07) is 5.00. The molecule has 0 saturated carbocycles. The number of benzene rings is 1. The zero-order valence-corrected chi connectivity index (χ0v) is 12.6. The molecule has 0 aliphatic rings. The van der Waals surface area contributed by atoms with Gasteiger partial charge in [-0.05, 0) is 43.9 Å². The first kappa shape index (κ1) is 14.8. The van der Waals surface area contributed by atoms with Crippen molar-refractivity contribution in [3.8, 4) is 0 Å². The molecular formula is C12H17BrFNOS. The van der Waals surface area contributed by atoms with Gasteiger partial charge in [0.2, 0.25) is 0 Å². The Bertz CT molecular complexity index is 437. The van der Waals surface area contributed by atoms with Crippen LogP contribution in [0.25, 0.3) is 0 Å². The number of rotatable bonds is 4. The second-order valence-corrected chi connectivity index (χ2v) is 7.44. The molecule has 0 aliphatic carbocycles. The molecule has 96 valence electrons. The Balaban J connectivity index is 2.90. The van der Waals surface area contributed by atoms with Gasteiger partial charge in [-0.25, -0.2) is 8.60 Å². The molecular weight excluding hydrogens is 305 g/mol. The van der Waals surface area contributed by atoms with Gasteiger partial charge in [0.25, 0.3) is 0 Å². The highest BCUT2D eigenvalue weighted by molar-refractivity contribution is 9.10. The quantitative estimate of drug-likeness (QED) is 0.906. The largest absolute Gasteiger partial charge is 0.251 e. The molecule has 0 aromatic heterocycles. The van der Waals surface area contributed by atoms with Crippen LogP contribution in [0.3, 0.4) is 0 Å². The maximum atomic E-state index is 13.7. The van der Waals surface area contributed by atoms with Crippen LogP contribution in [0, 0.1) is 5.82 Å². The van der Waals surface area contributed by atoms with E-state index in [9.17, 15) is 8.60 Å². The van der Waals surface area contributed by atoms with Crippen molar-refractivity contribution in [1.82, 2.24) is 0 Å². The molecule has 0 fully saturated rings. The minimum Gasteiger partial charge on any atom is -0.251 e. The van der Waals surface area contributed by atoms with Crippen molar-refractivity contribution < 1.29 is 8.60 Å². The predicted molar refractivity (Wildman–Crippen MR) is 73.5 cm³/mol. The van der Waals surface area contributed by atoms with Crippen LogP contribution < -0.4 is 5.14 Å². The third kappa shape index (κ3) is 3.86. The van der Waals surface area contributed by atoms with E-state index in [1.54, 1.807) is 12.1 Å². The van der Waals surface area contributed by atoms with Crippen LogP contribution in [0.15, 0.2) is 22.7 Å². The molecule has 1 unspecified atom stereocenters. The van der Waals surface area contributed by atoms with Crippen LogP contribution in [0.4, 0.5) is 4.39 Å². The highest BCUT2D eigenvalue weighted by atomic mass is 79.9. The van der Waals surface area contributed by atoms with Crippen molar-refractivity contribution in [3.63, 3.8) is 0 Å². The summed E-state index contributed by atoms with van der Waals surface area (Å²) in [6.45, 7) is 5.58. The van der Waals surface area contributed by atoms with Crippen molar-refractivity contribution in [2.24, 2.45) is 5.14 Å². The Hall–Kier alpha value is -0.260. The third-order valence-electron chi connectivity index (χ3n) is 2.84. The van der Waals surface area contributed by atoms with Gasteiger partial charge in [-0.15, -0.1) is 0 Å². The first-order chi connectivity index (χ1) is 7.74. The van der Waals surface area contributed by atoms with E-state index in [0.29, 0.717) is 16.5 Å². The SMILES string of the molecule is C[C@H](CC(C)(C)S(N)=O)c1ccc(Br)cc1F. The van der Waals surface area contributed by atoms with Crippen LogP contribution in [-0.4, -0.2) is 8.96 Å². The maximum Gasteiger partial charge on any atom is 0.127 e. The van der Waals surface area contributed by atoms with Crippen molar-refractivity contribution in [2.75, 3.05) is 0 Å². The van der Waals surface area contributed by atoms with E-state index in [1.165, 1.54) is 6.07 Å². The fourth-order valence-corrected chi connectivity index (χ4v) is 2.58. The fourth-order valence-electron chi connectivity index (χ4n) is 1.83. The second-order valence-electron chi connectivity index (χ2n) is 4.83. The lowest BCUT2D eigenvalue weighted by atomic mass is 9.91. The monoisotopic (exact) mass is 321 g/mol. The van der Waals surface area contributed by atoms with E-state index in [4.69, 9.17) is 5.14 Å². The summed E-state index contributed by atoms with van der Waals surface area (Å²) in [5, 5.41) is 5.43. The molecule has 0 radical (unpaired) electrons. The van der Waals surface area contributed by atoms with Gasteiger partial charge in [0, 0.05) is 4.47 Å². The average molecular weight is 322 g/mol. The van der Waals surface area contributed by atoms with Crippen LogP contribution in [0.2, 0.25) is 0 Å². The van der Waals surface area contributed by atoms with Gasteiger partial charge in [-0.3, -0.25) is 5.14 Å². The second kappa shape index (κ2) is 5.59. The normalized spacial score (nSPS) is 15.6. The number of halogens is 2. The Morgan fingerprint density at radius 2 is 2.12 bits per heavy atom. The minimum atomic E-state index is -1.41. The maximum absolute atomic E-state index is 13.7. The van der Waals surface area contributed by atoms with E-state index in [1.807, 2.05) is 20.8 Å². The molecule has 0 amide bonds. The zero-order chi connectivity index (χ0) is 13.2. The van der Waals surface area contributed by atoms with Gasteiger partial charge in [0.05, 0.1) is 15.7 Å². The van der Waals surface area contributed by atoms with Gasteiger partial charge in [-0.1, -0.05) is 28.9 Å². The smallest absolute Gasteiger partial charge is 0.127 e. The fraction of sp³-hybridized carbons (Fsp3) is 0.500. The van der Waals surface area contributed by atoms with Crippen LogP contribution in [-0.2, 0) is 11.0 Å². The number of hydrogen-bond acceptors (Lipinski definition) is 1. The summed E-state index contributed by atoms with van der Waals surface area (Å²) in [5.74, 6) is -0.268. The van der Waals surface area contributed by atoms with Crippen molar-refractivity contribution in [1.29, 1.82) is 0 Å². The average Bonchev–Trinajstić information content (AvgIpc) is 2.15. The minimum absolute atomic E-state index is 0.0226. The van der Waals surface area contributed by atoms with Crippen molar-refractivity contribution >= 4 is 26.9 Å². The van der Waals surface area contributed by atoms with Gasteiger partial charge >= 0.3 is 0 Å². The summed E-state index contributed by atoms with van der Waals surface area (Å²) in [4.78, 5) is 0. The Labute approximate surface area is 113 Å². The molecule has 0 saturated heterocycles. The predicted octanol–water partition coefficient (Wildman–Crippen LogP) is 3.48. The molecule has 2 atom stereocenters. The summed E-state index contributed by atoms with van der Waals surface area (Å²) in [7, 11) is -1.41. The summed E-state index contributed by atoms with van der Waals surface area (Å²) in [6.07, 6.45) is 0.578. The topological polar surface area (TPSA) is 43.1 Å². The Morgan fingerprint density at radius 3 is 2.59 bits per heavy atom. The molecule has 1 rings (SSSR count). The summed E-state index contributed by atoms with van der Waals surface area (Å²) >= 11 is 3.22. The Kier molecular flexibility index (Phi) is 4.86. The molecule has 1 aromatic rings. The third-order valence-corrected chi connectivity index (χ3v) is 4.58. The van der Waals surface area contributed by atoms with Crippen molar-refractivity contribution in [2.45, 2.75) is 37.9 Å². The lowest BCUT2D eigenvalue weighted by Crippen LogP contribution is -2.33. The van der Waals surface area contributed by atoms with Crippen molar-refractivity contribution in [3.05, 3.63) is 34.1 Å². The van der Waals surface area contributed by atoms with Crippen LogP contribution in [0.5, 0.6) is 0 Å². The molecule has 0 heterocycles. The van der Waals surface area contributed by atoms with Crippen LogP contribution >= 0.6 is 15.9 Å². The van der Waals surface area contributed by atoms with Gasteiger partial charge < -0.3 is 0 Å². The highest BCUT2D eigenvalue weighted by Crippen LogP contribution is 2.30. The molecule has 2 nitrogen and oxygen atoms in total. The molecule has 0 spiro atoms. The zero-order valence-electron chi connectivity index (χ0n) is 10.2.